The van der Waals surface area contributed by atoms with Crippen molar-refractivity contribution < 1.29 is 2.81 Å². The molecule has 0 aromatic heterocycles. The van der Waals surface area contributed by atoms with Gasteiger partial charge in [-0.1, -0.05) is 20.3 Å². The van der Waals surface area contributed by atoms with Crippen molar-refractivity contribution in [3.63, 3.8) is 0 Å². The molecule has 0 fully saturated rings. The van der Waals surface area contributed by atoms with Crippen LogP contribution in [-0.2, 0) is 2.81 Å². The zero-order valence-electron chi connectivity index (χ0n) is 3.62. The van der Waals surface area contributed by atoms with E-state index in [1.165, 1.54) is 6.42 Å². The van der Waals surface area contributed by atoms with Gasteiger partial charge in [-0.2, -0.15) is 0 Å². The van der Waals surface area contributed by atoms with Crippen molar-refractivity contribution in [1.29, 1.82) is 0 Å². The van der Waals surface area contributed by atoms with E-state index in [1.807, 2.05) is 0 Å². The fourth-order valence-electron chi connectivity index (χ4n) is 0. The zero-order valence-corrected chi connectivity index (χ0v) is 7.50. The molecule has 0 spiro atoms. The Labute approximate surface area is 48.1 Å². The van der Waals surface area contributed by atoms with Gasteiger partial charge in [0, 0.05) is 0 Å². The summed E-state index contributed by atoms with van der Waals surface area (Å²) in [7, 11) is 0. The molecular weight excluding hydrogens is 261 g/mol. The van der Waals surface area contributed by atoms with Gasteiger partial charge in [0.25, 0.3) is 0 Å². The fourth-order valence-corrected chi connectivity index (χ4v) is 0. The second kappa shape index (κ2) is 22.4. The van der Waals surface area contributed by atoms with Crippen molar-refractivity contribution in [1.82, 2.24) is 0 Å². The van der Waals surface area contributed by atoms with Crippen LogP contribution in [0.4, 0.5) is 0 Å². The van der Waals surface area contributed by atoms with Crippen LogP contribution in [0.5, 0.6) is 0 Å². The molecule has 0 rings (SSSR count). The van der Waals surface area contributed by atoms with E-state index in [1.54, 1.807) is 0 Å². The topological polar surface area (TPSA) is 17.1 Å². The first kappa shape index (κ1) is 9.19. The normalized spacial score (nSPS) is 4.40. The maximum atomic E-state index is 8.39. The Kier molecular flexibility index (Phi) is 41.2. The van der Waals surface area contributed by atoms with Gasteiger partial charge in [0.2, 0.25) is 0 Å². The van der Waals surface area contributed by atoms with Crippen LogP contribution in [0.3, 0.4) is 0 Å². The number of rotatable bonds is 0. The van der Waals surface area contributed by atoms with Gasteiger partial charge in [-0.3, -0.25) is 0 Å². The number of hydrogen-bond donors (Lipinski definition) is 0. The van der Waals surface area contributed by atoms with E-state index in [0.717, 1.165) is 0 Å². The molecule has 0 saturated carbocycles. The summed E-state index contributed by atoms with van der Waals surface area (Å²) in [6.45, 7) is 4.25. The molecule has 0 radical (unpaired) electrons. The van der Waals surface area contributed by atoms with Gasteiger partial charge in [0.1, 0.15) is 0 Å². The van der Waals surface area contributed by atoms with Crippen molar-refractivity contribution in [3.05, 3.63) is 0 Å². The van der Waals surface area contributed by atoms with Crippen LogP contribution in [0.15, 0.2) is 0 Å². The quantitative estimate of drug-likeness (QED) is 0.591. The van der Waals surface area contributed by atoms with Gasteiger partial charge in [-0.15, -0.1) is 0 Å². The molecule has 0 aliphatic heterocycles. The van der Waals surface area contributed by atoms with Gasteiger partial charge < -0.3 is 0 Å². The molecule has 0 N–H and O–H groups in total. The van der Waals surface area contributed by atoms with Gasteiger partial charge in [-0.25, -0.2) is 0 Å². The standard InChI is InChI=1S/C3H8.Bi.O.H/c1-3-2;;;/h3H2,1-2H3;;;. The van der Waals surface area contributed by atoms with E-state index in [-0.39, 0.29) is 24.7 Å². The third kappa shape index (κ3) is 72.2. The van der Waals surface area contributed by atoms with Crippen molar-refractivity contribution in [2.24, 2.45) is 0 Å². The van der Waals surface area contributed by atoms with E-state index in [0.29, 0.717) is 0 Å². The van der Waals surface area contributed by atoms with Gasteiger partial charge in [0.15, 0.2) is 0 Å². The summed E-state index contributed by atoms with van der Waals surface area (Å²) in [6, 6.07) is 0. The van der Waals surface area contributed by atoms with E-state index < -0.39 is 0 Å². The molecule has 0 aromatic rings. The first-order valence-electron chi connectivity index (χ1n) is 1.62. The summed E-state index contributed by atoms with van der Waals surface area (Å²) >= 11 is 0.0556. The molecule has 0 aromatic carbocycles. The molecule has 0 aliphatic carbocycles. The third-order valence-electron chi connectivity index (χ3n) is 0. The average Bonchev–Trinajstić information content (AvgIpc) is 1.46. The van der Waals surface area contributed by atoms with Crippen molar-refractivity contribution in [2.75, 3.05) is 0 Å². The molecule has 0 saturated heterocycles. The fraction of sp³-hybridized carbons (Fsp3) is 1.00. The van der Waals surface area contributed by atoms with Gasteiger partial charge >= 0.3 is 27.5 Å². The van der Waals surface area contributed by atoms with Crippen LogP contribution in [0.25, 0.3) is 0 Å². The summed E-state index contributed by atoms with van der Waals surface area (Å²) in [5.41, 5.74) is 0. The Morgan fingerprint density at radius 3 is 1.40 bits per heavy atom. The molecular formula is C3H9BiO. The van der Waals surface area contributed by atoms with Gasteiger partial charge in [-0.05, 0) is 0 Å². The summed E-state index contributed by atoms with van der Waals surface area (Å²) in [6.07, 6.45) is 1.25. The van der Waals surface area contributed by atoms with Crippen LogP contribution in [-0.4, -0.2) is 24.7 Å². The van der Waals surface area contributed by atoms with Crippen molar-refractivity contribution in [2.45, 2.75) is 20.3 Å². The summed E-state index contributed by atoms with van der Waals surface area (Å²) in [4.78, 5) is 0. The Bertz CT molecular complexity index is 10.9. The Hall–Kier alpha value is 0.683. The van der Waals surface area contributed by atoms with Crippen LogP contribution in [0.2, 0.25) is 0 Å². The zero-order chi connectivity index (χ0) is 4.71. The minimum atomic E-state index is 0.0556. The molecule has 5 heavy (non-hydrogen) atoms. The molecule has 0 heterocycles. The van der Waals surface area contributed by atoms with E-state index in [2.05, 4.69) is 13.8 Å². The van der Waals surface area contributed by atoms with Crippen molar-refractivity contribution in [3.8, 4) is 0 Å². The molecule has 1 nitrogen and oxygen atoms in total. The van der Waals surface area contributed by atoms with Crippen molar-refractivity contribution >= 4 is 24.7 Å². The number of hydrogen-bond acceptors (Lipinski definition) is 1. The predicted octanol–water partition coefficient (Wildman–Crippen LogP) is 0.649. The first-order chi connectivity index (χ1) is 2.41. The Balaban J connectivity index is 0. The summed E-state index contributed by atoms with van der Waals surface area (Å²) < 4.78 is 8.39. The molecule has 32 valence electrons. The third-order valence-corrected chi connectivity index (χ3v) is 0. The van der Waals surface area contributed by atoms with E-state index in [9.17, 15) is 0 Å². The van der Waals surface area contributed by atoms with Crippen LogP contribution < -0.4 is 0 Å². The summed E-state index contributed by atoms with van der Waals surface area (Å²) in [5, 5.41) is 0. The second-order valence-corrected chi connectivity index (χ2v) is 0.707. The SMILES string of the molecule is CCC.[O]=[BiH]. The molecule has 0 amide bonds. The molecule has 0 aliphatic rings. The Morgan fingerprint density at radius 1 is 1.40 bits per heavy atom. The van der Waals surface area contributed by atoms with E-state index >= 15 is 0 Å². The molecule has 0 atom stereocenters. The molecule has 0 unspecified atom stereocenters. The minimum absolute atomic E-state index is 0.0556. The van der Waals surface area contributed by atoms with E-state index in [4.69, 9.17) is 2.81 Å². The monoisotopic (exact) mass is 270 g/mol. The van der Waals surface area contributed by atoms with Crippen LogP contribution >= 0.6 is 0 Å². The van der Waals surface area contributed by atoms with Gasteiger partial charge in [0.05, 0.1) is 0 Å². The molecule has 2 heteroatoms. The first-order valence-corrected chi connectivity index (χ1v) is 3.21. The van der Waals surface area contributed by atoms with Crippen LogP contribution in [0, 0.1) is 0 Å². The second-order valence-electron chi connectivity index (χ2n) is 0.707. The van der Waals surface area contributed by atoms with Crippen LogP contribution in [0.1, 0.15) is 20.3 Å². The predicted molar refractivity (Wildman–Crippen MR) is 23.8 cm³/mol. The Morgan fingerprint density at radius 2 is 1.40 bits per heavy atom. The molecule has 0 bridgehead atoms. The average molecular weight is 270 g/mol. The summed E-state index contributed by atoms with van der Waals surface area (Å²) in [5.74, 6) is 0. The maximum absolute atomic E-state index is 8.39.